The van der Waals surface area contributed by atoms with Crippen LogP contribution in [0, 0.1) is 0 Å². The summed E-state index contributed by atoms with van der Waals surface area (Å²) in [5.41, 5.74) is 1.02. The van der Waals surface area contributed by atoms with E-state index in [9.17, 15) is 9.59 Å². The molecule has 1 saturated heterocycles. The summed E-state index contributed by atoms with van der Waals surface area (Å²) in [6, 6.07) is 13.4. The Labute approximate surface area is 190 Å². The molecule has 0 unspecified atom stereocenters. The number of carbonyl (C=O) groups excluding carboxylic acids is 2. The van der Waals surface area contributed by atoms with Crippen molar-refractivity contribution in [2.24, 2.45) is 0 Å². The molecule has 1 aromatic carbocycles. The molecule has 0 spiro atoms. The molecule has 1 aliphatic carbocycles. The molecule has 5 rings (SSSR count). The molecular weight excluding hydrogens is 426 g/mol. The summed E-state index contributed by atoms with van der Waals surface area (Å²) in [6.07, 6.45) is 3.75. The minimum atomic E-state index is -0.305. The summed E-state index contributed by atoms with van der Waals surface area (Å²) in [7, 11) is 0. The topological polar surface area (TPSA) is 84.5 Å². The monoisotopic (exact) mass is 451 g/mol. The molecule has 1 aliphatic heterocycles. The first kappa shape index (κ1) is 20.8. The van der Waals surface area contributed by atoms with Gasteiger partial charge < -0.3 is 14.2 Å². The van der Waals surface area contributed by atoms with Crippen LogP contribution in [0.1, 0.15) is 42.1 Å². The second kappa shape index (κ2) is 8.82. The third kappa shape index (κ3) is 4.17. The van der Waals surface area contributed by atoms with Gasteiger partial charge in [0.25, 0.3) is 5.91 Å². The lowest BCUT2D eigenvalue weighted by Gasteiger charge is -2.35. The van der Waals surface area contributed by atoms with Crippen LogP contribution in [0.2, 0.25) is 0 Å². The smallest absolute Gasteiger partial charge is 0.289 e. The zero-order valence-electron chi connectivity index (χ0n) is 17.9. The van der Waals surface area contributed by atoms with Gasteiger partial charge in [0, 0.05) is 37.8 Å². The van der Waals surface area contributed by atoms with Crippen molar-refractivity contribution in [3.05, 3.63) is 60.3 Å². The fraction of sp³-hybridized carbons (Fsp3) is 0.391. The highest BCUT2D eigenvalue weighted by Crippen LogP contribution is 2.41. The van der Waals surface area contributed by atoms with E-state index in [1.165, 1.54) is 18.0 Å². The maximum absolute atomic E-state index is 13.1. The number of furan rings is 1. The molecule has 1 atom stereocenters. The normalized spacial score (nSPS) is 17.4. The van der Waals surface area contributed by atoms with Crippen molar-refractivity contribution < 1.29 is 14.0 Å². The van der Waals surface area contributed by atoms with E-state index in [1.54, 1.807) is 17.0 Å². The molecular formula is C23H25N5O3S. The zero-order chi connectivity index (χ0) is 22.1. The first-order chi connectivity index (χ1) is 15.6. The van der Waals surface area contributed by atoms with Gasteiger partial charge in [0.2, 0.25) is 5.91 Å². The van der Waals surface area contributed by atoms with Gasteiger partial charge in [-0.05, 0) is 44.0 Å². The number of hydrogen-bond acceptors (Lipinski definition) is 6. The molecule has 8 nitrogen and oxygen atoms in total. The van der Waals surface area contributed by atoms with Gasteiger partial charge in [-0.2, -0.15) is 0 Å². The predicted octanol–water partition coefficient (Wildman–Crippen LogP) is 3.20. The molecule has 2 fully saturated rings. The Bertz CT molecular complexity index is 1090. The average Bonchev–Trinajstić information content (AvgIpc) is 3.36. The average molecular weight is 452 g/mol. The van der Waals surface area contributed by atoms with E-state index < -0.39 is 0 Å². The fourth-order valence-electron chi connectivity index (χ4n) is 3.93. The van der Waals surface area contributed by atoms with Gasteiger partial charge in [-0.3, -0.25) is 14.2 Å². The number of para-hydroxylation sites is 1. The highest BCUT2D eigenvalue weighted by Gasteiger charge is 2.33. The van der Waals surface area contributed by atoms with E-state index in [0.29, 0.717) is 37.9 Å². The Morgan fingerprint density at radius 3 is 2.38 bits per heavy atom. The minimum Gasteiger partial charge on any atom is -0.459 e. The number of nitrogens with zero attached hydrogens (tertiary/aromatic N) is 5. The van der Waals surface area contributed by atoms with Crippen molar-refractivity contribution in [3.63, 3.8) is 0 Å². The van der Waals surface area contributed by atoms with E-state index in [2.05, 4.69) is 14.8 Å². The summed E-state index contributed by atoms with van der Waals surface area (Å²) in [5.74, 6) is 1.68. The fourth-order valence-corrected chi connectivity index (χ4v) is 4.89. The largest absolute Gasteiger partial charge is 0.459 e. The van der Waals surface area contributed by atoms with E-state index in [0.717, 1.165) is 29.5 Å². The van der Waals surface area contributed by atoms with E-state index >= 15 is 0 Å². The number of amides is 2. The molecule has 2 aromatic heterocycles. The minimum absolute atomic E-state index is 0.0516. The van der Waals surface area contributed by atoms with Crippen LogP contribution in [-0.2, 0) is 4.79 Å². The van der Waals surface area contributed by atoms with Crippen LogP contribution in [0.4, 0.5) is 0 Å². The standard InChI is InChI=1S/C23H25N5O3S/c1-16(21(29)26-11-13-27(14-12-26)22(30)19-8-5-15-31-19)32-23-25-24-20(17-9-10-17)28(23)18-6-3-2-4-7-18/h2-8,15-17H,9-14H2,1H3/t16-/m0/s1. The molecule has 9 heteroatoms. The van der Waals surface area contributed by atoms with Crippen LogP contribution in [-0.4, -0.2) is 67.8 Å². The second-order valence-corrected chi connectivity index (χ2v) is 9.45. The summed E-state index contributed by atoms with van der Waals surface area (Å²) >= 11 is 1.44. The van der Waals surface area contributed by atoms with Crippen molar-refractivity contribution in [1.29, 1.82) is 0 Å². The molecule has 3 heterocycles. The number of carbonyl (C=O) groups is 2. The molecule has 32 heavy (non-hydrogen) atoms. The van der Waals surface area contributed by atoms with Crippen molar-refractivity contribution in [3.8, 4) is 5.69 Å². The molecule has 0 radical (unpaired) electrons. The highest BCUT2D eigenvalue weighted by molar-refractivity contribution is 8.00. The number of piperazine rings is 1. The third-order valence-electron chi connectivity index (χ3n) is 5.86. The Hall–Kier alpha value is -3.07. The van der Waals surface area contributed by atoms with Crippen molar-refractivity contribution >= 4 is 23.6 Å². The van der Waals surface area contributed by atoms with Gasteiger partial charge in [-0.1, -0.05) is 30.0 Å². The molecule has 0 bridgehead atoms. The molecule has 2 amide bonds. The van der Waals surface area contributed by atoms with Crippen LogP contribution < -0.4 is 0 Å². The van der Waals surface area contributed by atoms with Gasteiger partial charge in [-0.25, -0.2) is 0 Å². The van der Waals surface area contributed by atoms with Gasteiger partial charge in [0.05, 0.1) is 11.5 Å². The van der Waals surface area contributed by atoms with Gasteiger partial charge in [0.15, 0.2) is 10.9 Å². The summed E-state index contributed by atoms with van der Waals surface area (Å²) < 4.78 is 7.30. The molecule has 0 N–H and O–H groups in total. The molecule has 1 saturated carbocycles. The lowest BCUT2D eigenvalue weighted by molar-refractivity contribution is -0.131. The Morgan fingerprint density at radius 2 is 1.72 bits per heavy atom. The first-order valence-electron chi connectivity index (χ1n) is 10.9. The molecule has 166 valence electrons. The summed E-state index contributed by atoms with van der Waals surface area (Å²) in [6.45, 7) is 3.92. The van der Waals surface area contributed by atoms with Gasteiger partial charge >= 0.3 is 0 Å². The van der Waals surface area contributed by atoms with Crippen LogP contribution in [0.3, 0.4) is 0 Å². The van der Waals surface area contributed by atoms with Crippen LogP contribution in [0.5, 0.6) is 0 Å². The van der Waals surface area contributed by atoms with E-state index in [1.807, 2.05) is 42.2 Å². The lowest BCUT2D eigenvalue weighted by Crippen LogP contribution is -2.52. The second-order valence-electron chi connectivity index (χ2n) is 8.14. The zero-order valence-corrected chi connectivity index (χ0v) is 18.7. The summed E-state index contributed by atoms with van der Waals surface area (Å²) in [4.78, 5) is 29.1. The quantitative estimate of drug-likeness (QED) is 0.535. The van der Waals surface area contributed by atoms with Crippen molar-refractivity contribution in [2.75, 3.05) is 26.2 Å². The van der Waals surface area contributed by atoms with Gasteiger partial charge in [0.1, 0.15) is 5.82 Å². The SMILES string of the molecule is C[C@H](Sc1nnc(C2CC2)n1-c1ccccc1)C(=O)N1CCN(C(=O)c2ccco2)CC1. The first-order valence-corrected chi connectivity index (χ1v) is 11.8. The van der Waals surface area contributed by atoms with Crippen LogP contribution in [0.15, 0.2) is 58.3 Å². The van der Waals surface area contributed by atoms with Crippen molar-refractivity contribution in [1.82, 2.24) is 24.6 Å². The third-order valence-corrected chi connectivity index (χ3v) is 6.89. The number of aromatic nitrogens is 3. The Kier molecular flexibility index (Phi) is 5.73. The highest BCUT2D eigenvalue weighted by atomic mass is 32.2. The van der Waals surface area contributed by atoms with Crippen molar-refractivity contribution in [2.45, 2.75) is 36.1 Å². The maximum atomic E-state index is 13.1. The number of hydrogen-bond donors (Lipinski definition) is 0. The van der Waals surface area contributed by atoms with Crippen LogP contribution in [0.25, 0.3) is 5.69 Å². The van der Waals surface area contributed by atoms with Gasteiger partial charge in [-0.15, -0.1) is 10.2 Å². The Balaban J connectivity index is 1.25. The van der Waals surface area contributed by atoms with Crippen LogP contribution >= 0.6 is 11.8 Å². The summed E-state index contributed by atoms with van der Waals surface area (Å²) in [5, 5.41) is 9.31. The Morgan fingerprint density at radius 1 is 1.00 bits per heavy atom. The molecule has 3 aromatic rings. The lowest BCUT2D eigenvalue weighted by atomic mass is 10.2. The maximum Gasteiger partial charge on any atom is 0.289 e. The molecule has 2 aliphatic rings. The van der Waals surface area contributed by atoms with E-state index in [4.69, 9.17) is 4.42 Å². The number of benzene rings is 1. The number of thioether (sulfide) groups is 1. The predicted molar refractivity (Wildman–Crippen MR) is 120 cm³/mol. The van der Waals surface area contributed by atoms with E-state index in [-0.39, 0.29) is 17.1 Å². The number of rotatable bonds is 6.